The predicted molar refractivity (Wildman–Crippen MR) is 96.1 cm³/mol. The van der Waals surface area contributed by atoms with E-state index < -0.39 is 0 Å². The van der Waals surface area contributed by atoms with Crippen molar-refractivity contribution in [2.24, 2.45) is 0 Å². The van der Waals surface area contributed by atoms with Crippen LogP contribution in [0.3, 0.4) is 0 Å². The standard InChI is InChI=1S/C17H13Cl2NO2S/c1-21-13-8-5-11(9-14(13)22-2)16-15(20-17(19)23-16)10-3-6-12(18)7-4-10/h3-9H,1-2H3. The third kappa shape index (κ3) is 3.29. The number of methoxy groups -OCH3 is 2. The van der Waals surface area contributed by atoms with Crippen molar-refractivity contribution < 1.29 is 9.47 Å². The van der Waals surface area contributed by atoms with Crippen LogP contribution in [0.25, 0.3) is 21.7 Å². The zero-order valence-electron chi connectivity index (χ0n) is 12.5. The Morgan fingerprint density at radius 3 is 2.17 bits per heavy atom. The van der Waals surface area contributed by atoms with E-state index in [0.717, 1.165) is 21.7 Å². The van der Waals surface area contributed by atoms with E-state index in [4.69, 9.17) is 32.7 Å². The molecule has 0 atom stereocenters. The van der Waals surface area contributed by atoms with Crippen molar-refractivity contribution >= 4 is 34.5 Å². The monoisotopic (exact) mass is 365 g/mol. The summed E-state index contributed by atoms with van der Waals surface area (Å²) in [7, 11) is 3.22. The summed E-state index contributed by atoms with van der Waals surface area (Å²) < 4.78 is 11.1. The zero-order valence-corrected chi connectivity index (χ0v) is 14.8. The number of benzene rings is 2. The topological polar surface area (TPSA) is 31.4 Å². The molecule has 0 unspecified atom stereocenters. The Balaban J connectivity index is 2.12. The third-order valence-corrected chi connectivity index (χ3v) is 4.83. The Labute approximate surface area is 148 Å². The molecule has 1 aromatic heterocycles. The van der Waals surface area contributed by atoms with Crippen molar-refractivity contribution in [3.05, 3.63) is 52.0 Å². The van der Waals surface area contributed by atoms with Crippen LogP contribution in [-0.2, 0) is 0 Å². The summed E-state index contributed by atoms with van der Waals surface area (Å²) in [6.07, 6.45) is 0. The summed E-state index contributed by atoms with van der Waals surface area (Å²) in [5.41, 5.74) is 2.75. The molecule has 3 rings (SSSR count). The summed E-state index contributed by atoms with van der Waals surface area (Å²) in [5.74, 6) is 1.34. The molecular weight excluding hydrogens is 353 g/mol. The van der Waals surface area contributed by atoms with Gasteiger partial charge >= 0.3 is 0 Å². The normalized spacial score (nSPS) is 10.6. The molecule has 2 aromatic carbocycles. The molecule has 0 fully saturated rings. The second kappa shape index (κ2) is 6.79. The zero-order chi connectivity index (χ0) is 16.4. The average molecular weight is 366 g/mol. The van der Waals surface area contributed by atoms with E-state index in [2.05, 4.69) is 4.98 Å². The van der Waals surface area contributed by atoms with E-state index in [0.29, 0.717) is 21.0 Å². The van der Waals surface area contributed by atoms with Gasteiger partial charge < -0.3 is 9.47 Å². The number of hydrogen-bond acceptors (Lipinski definition) is 4. The van der Waals surface area contributed by atoms with Crippen molar-refractivity contribution in [2.45, 2.75) is 0 Å². The highest BCUT2D eigenvalue weighted by molar-refractivity contribution is 7.19. The summed E-state index contributed by atoms with van der Waals surface area (Å²) in [6.45, 7) is 0. The fraction of sp³-hybridized carbons (Fsp3) is 0.118. The van der Waals surface area contributed by atoms with E-state index >= 15 is 0 Å². The molecule has 1 heterocycles. The molecule has 3 nitrogen and oxygen atoms in total. The van der Waals surface area contributed by atoms with E-state index in [-0.39, 0.29) is 0 Å². The molecule has 0 N–H and O–H groups in total. The van der Waals surface area contributed by atoms with Crippen LogP contribution < -0.4 is 9.47 Å². The molecule has 0 bridgehead atoms. The first-order chi connectivity index (χ1) is 11.1. The van der Waals surface area contributed by atoms with Crippen molar-refractivity contribution in [1.29, 1.82) is 0 Å². The summed E-state index contributed by atoms with van der Waals surface area (Å²) >= 11 is 13.5. The number of halogens is 2. The third-order valence-electron chi connectivity index (χ3n) is 3.36. The number of ether oxygens (including phenoxy) is 2. The van der Waals surface area contributed by atoms with Gasteiger partial charge in [0.1, 0.15) is 0 Å². The van der Waals surface area contributed by atoms with E-state index in [9.17, 15) is 0 Å². The largest absolute Gasteiger partial charge is 0.493 e. The van der Waals surface area contributed by atoms with Crippen molar-refractivity contribution in [3.63, 3.8) is 0 Å². The van der Waals surface area contributed by atoms with Gasteiger partial charge in [-0.3, -0.25) is 0 Å². The second-order valence-corrected chi connectivity index (χ2v) is 6.74. The lowest BCUT2D eigenvalue weighted by atomic mass is 10.1. The highest BCUT2D eigenvalue weighted by Crippen LogP contribution is 2.41. The van der Waals surface area contributed by atoms with Gasteiger partial charge in [0.2, 0.25) is 0 Å². The minimum Gasteiger partial charge on any atom is -0.493 e. The van der Waals surface area contributed by atoms with Crippen molar-refractivity contribution in [2.75, 3.05) is 14.2 Å². The summed E-state index contributed by atoms with van der Waals surface area (Å²) in [4.78, 5) is 5.42. The first kappa shape index (κ1) is 16.1. The van der Waals surface area contributed by atoms with Crippen LogP contribution in [0.1, 0.15) is 0 Å². The molecular formula is C17H13Cl2NO2S. The van der Waals surface area contributed by atoms with Crippen LogP contribution in [0, 0.1) is 0 Å². The van der Waals surface area contributed by atoms with Gasteiger partial charge in [0, 0.05) is 10.6 Å². The fourth-order valence-electron chi connectivity index (χ4n) is 2.27. The molecule has 3 aromatic rings. The Hall–Kier alpha value is -1.75. The highest BCUT2D eigenvalue weighted by atomic mass is 35.5. The van der Waals surface area contributed by atoms with Crippen molar-refractivity contribution in [1.82, 2.24) is 4.98 Å². The SMILES string of the molecule is COc1ccc(-c2sc(Cl)nc2-c2ccc(Cl)cc2)cc1OC. The maximum Gasteiger partial charge on any atom is 0.184 e. The molecule has 118 valence electrons. The van der Waals surface area contributed by atoms with Gasteiger partial charge in [-0.1, -0.05) is 35.3 Å². The lowest BCUT2D eigenvalue weighted by Crippen LogP contribution is -1.91. The lowest BCUT2D eigenvalue weighted by molar-refractivity contribution is 0.355. The van der Waals surface area contributed by atoms with E-state index in [1.807, 2.05) is 42.5 Å². The number of rotatable bonds is 4. The molecule has 0 amide bonds. The molecule has 0 saturated carbocycles. The molecule has 0 aliphatic rings. The van der Waals surface area contributed by atoms with Crippen LogP contribution in [-0.4, -0.2) is 19.2 Å². The smallest absolute Gasteiger partial charge is 0.184 e. The van der Waals surface area contributed by atoms with Gasteiger partial charge in [0.25, 0.3) is 0 Å². The first-order valence-corrected chi connectivity index (χ1v) is 8.34. The number of nitrogens with zero attached hydrogens (tertiary/aromatic N) is 1. The molecule has 0 saturated heterocycles. The van der Waals surface area contributed by atoms with Gasteiger partial charge in [0.05, 0.1) is 24.8 Å². The highest BCUT2D eigenvalue weighted by Gasteiger charge is 2.16. The predicted octanol–water partition coefficient (Wildman–Crippen LogP) is 5.80. The van der Waals surface area contributed by atoms with Gasteiger partial charge in [-0.25, -0.2) is 4.98 Å². The second-order valence-electron chi connectivity index (χ2n) is 4.72. The average Bonchev–Trinajstić information content (AvgIpc) is 2.96. The lowest BCUT2D eigenvalue weighted by Gasteiger charge is -2.09. The van der Waals surface area contributed by atoms with Crippen LogP contribution in [0.5, 0.6) is 11.5 Å². The first-order valence-electron chi connectivity index (χ1n) is 6.77. The van der Waals surface area contributed by atoms with Gasteiger partial charge in [0.15, 0.2) is 16.0 Å². The molecule has 0 radical (unpaired) electrons. The Kier molecular flexibility index (Phi) is 4.76. The number of aromatic nitrogens is 1. The van der Waals surface area contributed by atoms with E-state index in [1.54, 1.807) is 14.2 Å². The van der Waals surface area contributed by atoms with Gasteiger partial charge in [-0.05, 0) is 35.9 Å². The Morgan fingerprint density at radius 2 is 1.52 bits per heavy atom. The molecule has 23 heavy (non-hydrogen) atoms. The summed E-state index contributed by atoms with van der Waals surface area (Å²) in [5, 5.41) is 0.683. The number of thiazole rings is 1. The molecule has 6 heteroatoms. The number of hydrogen-bond donors (Lipinski definition) is 0. The minimum absolute atomic E-state index is 0.486. The molecule has 0 aliphatic heterocycles. The summed E-state index contributed by atoms with van der Waals surface area (Å²) in [6, 6.07) is 13.3. The fourth-order valence-corrected chi connectivity index (χ4v) is 3.52. The molecule has 0 spiro atoms. The maximum atomic E-state index is 6.15. The minimum atomic E-state index is 0.486. The van der Waals surface area contributed by atoms with Crippen LogP contribution in [0.2, 0.25) is 9.49 Å². The van der Waals surface area contributed by atoms with Crippen molar-refractivity contribution in [3.8, 4) is 33.2 Å². The molecule has 0 aliphatic carbocycles. The maximum absolute atomic E-state index is 6.15. The quantitative estimate of drug-likeness (QED) is 0.585. The Bertz CT molecular complexity index is 831. The van der Waals surface area contributed by atoms with Gasteiger partial charge in [-0.2, -0.15) is 0 Å². The van der Waals surface area contributed by atoms with Crippen LogP contribution in [0.15, 0.2) is 42.5 Å². The van der Waals surface area contributed by atoms with E-state index in [1.165, 1.54) is 11.3 Å². The van der Waals surface area contributed by atoms with Crippen LogP contribution in [0.4, 0.5) is 0 Å². The Morgan fingerprint density at radius 1 is 0.870 bits per heavy atom. The van der Waals surface area contributed by atoms with Crippen LogP contribution >= 0.6 is 34.5 Å². The van der Waals surface area contributed by atoms with Gasteiger partial charge in [-0.15, -0.1) is 11.3 Å².